The van der Waals surface area contributed by atoms with Crippen molar-refractivity contribution >= 4 is 17.7 Å². The van der Waals surface area contributed by atoms with E-state index in [9.17, 15) is 9.18 Å². The molecule has 0 radical (unpaired) electrons. The number of hydrogen-bond acceptors (Lipinski definition) is 4. The zero-order chi connectivity index (χ0) is 22.5. The molecule has 0 bridgehead atoms. The van der Waals surface area contributed by atoms with Crippen LogP contribution in [0, 0.1) is 5.82 Å². The summed E-state index contributed by atoms with van der Waals surface area (Å²) in [5.74, 6) is 0.591. The number of amides is 1. The Morgan fingerprint density at radius 3 is 2.44 bits per heavy atom. The van der Waals surface area contributed by atoms with Gasteiger partial charge in [-0.05, 0) is 57.2 Å². The molecule has 1 aromatic heterocycles. The maximum atomic E-state index is 14.5. The third kappa shape index (κ3) is 5.04. The molecule has 3 aromatic rings. The number of nitrogens with zero attached hydrogens (tertiary/aromatic N) is 4. The number of likely N-dealkylation sites (tertiary alicyclic amines) is 1. The van der Waals surface area contributed by atoms with Crippen LogP contribution in [0.1, 0.15) is 38.7 Å². The van der Waals surface area contributed by atoms with Gasteiger partial charge in [-0.2, -0.15) is 0 Å². The molecule has 0 unspecified atom stereocenters. The van der Waals surface area contributed by atoms with Crippen molar-refractivity contribution in [2.45, 2.75) is 63.3 Å². The Labute approximate surface area is 193 Å². The number of thioether (sulfide) groups is 1. The average Bonchev–Trinajstić information content (AvgIpc) is 3.19. The van der Waals surface area contributed by atoms with E-state index in [0.29, 0.717) is 28.8 Å². The number of carbonyl (C=O) groups excluding carboxylic acids is 1. The summed E-state index contributed by atoms with van der Waals surface area (Å²) in [6.07, 6.45) is 4.03. The minimum Gasteiger partial charge on any atom is -0.337 e. The van der Waals surface area contributed by atoms with Gasteiger partial charge in [0.25, 0.3) is 0 Å². The third-order valence-electron chi connectivity index (χ3n) is 6.10. The van der Waals surface area contributed by atoms with E-state index in [1.54, 1.807) is 18.2 Å². The van der Waals surface area contributed by atoms with Gasteiger partial charge < -0.3 is 9.47 Å². The monoisotopic (exact) mass is 452 g/mol. The van der Waals surface area contributed by atoms with E-state index in [2.05, 4.69) is 36.2 Å². The highest BCUT2D eigenvalue weighted by atomic mass is 32.2. The number of halogens is 1. The van der Waals surface area contributed by atoms with Gasteiger partial charge in [0.2, 0.25) is 5.91 Å². The lowest BCUT2D eigenvalue weighted by Gasteiger charge is -2.39. The van der Waals surface area contributed by atoms with Crippen LogP contribution < -0.4 is 0 Å². The number of aromatic nitrogens is 3. The summed E-state index contributed by atoms with van der Waals surface area (Å²) in [7, 11) is 0. The number of rotatable bonds is 7. The summed E-state index contributed by atoms with van der Waals surface area (Å²) in [5.41, 5.74) is 1.60. The lowest BCUT2D eigenvalue weighted by atomic mass is 9.98. The largest absolute Gasteiger partial charge is 0.337 e. The van der Waals surface area contributed by atoms with Crippen LogP contribution in [0.2, 0.25) is 0 Å². The molecular weight excluding hydrogens is 423 g/mol. The number of hydrogen-bond donors (Lipinski definition) is 0. The van der Waals surface area contributed by atoms with Crippen LogP contribution in [0.5, 0.6) is 0 Å². The minimum absolute atomic E-state index is 0.125. The highest BCUT2D eigenvalue weighted by Crippen LogP contribution is 2.28. The van der Waals surface area contributed by atoms with Crippen LogP contribution in [0.25, 0.3) is 11.4 Å². The van der Waals surface area contributed by atoms with Gasteiger partial charge in [-0.3, -0.25) is 4.79 Å². The summed E-state index contributed by atoms with van der Waals surface area (Å²) in [6, 6.07) is 17.3. The zero-order valence-electron chi connectivity index (χ0n) is 18.6. The minimum atomic E-state index is -0.329. The second-order valence-electron chi connectivity index (χ2n) is 8.39. The summed E-state index contributed by atoms with van der Waals surface area (Å²) in [5, 5.41) is 9.29. The van der Waals surface area contributed by atoms with Gasteiger partial charge in [-0.15, -0.1) is 10.2 Å². The molecule has 2 heterocycles. The molecule has 1 amide bonds. The first-order valence-electron chi connectivity index (χ1n) is 11.2. The van der Waals surface area contributed by atoms with Crippen molar-refractivity contribution in [2.24, 2.45) is 0 Å². The SMILES string of the molecule is C[C@@H]1CCC[C@H](C)N1C(=O)CSc1nnc(-c2ccccc2F)n1CCc1ccccc1. The fourth-order valence-corrected chi connectivity index (χ4v) is 5.27. The first-order valence-corrected chi connectivity index (χ1v) is 12.2. The van der Waals surface area contributed by atoms with Gasteiger partial charge in [-0.25, -0.2) is 4.39 Å². The molecule has 2 atom stereocenters. The number of carbonyl (C=O) groups is 1. The van der Waals surface area contributed by atoms with Crippen molar-refractivity contribution in [3.05, 3.63) is 66.0 Å². The smallest absolute Gasteiger partial charge is 0.233 e. The number of benzene rings is 2. The van der Waals surface area contributed by atoms with E-state index in [1.165, 1.54) is 29.8 Å². The lowest BCUT2D eigenvalue weighted by molar-refractivity contribution is -0.134. The molecule has 0 saturated carbocycles. The molecule has 2 aromatic carbocycles. The molecule has 5 nitrogen and oxygen atoms in total. The molecule has 0 aliphatic carbocycles. The van der Waals surface area contributed by atoms with Gasteiger partial charge in [-0.1, -0.05) is 54.2 Å². The van der Waals surface area contributed by atoms with E-state index >= 15 is 0 Å². The topological polar surface area (TPSA) is 51.0 Å². The van der Waals surface area contributed by atoms with Crippen molar-refractivity contribution in [1.29, 1.82) is 0 Å². The predicted molar refractivity (Wildman–Crippen MR) is 126 cm³/mol. The molecule has 1 aliphatic heterocycles. The highest BCUT2D eigenvalue weighted by molar-refractivity contribution is 7.99. The molecule has 4 rings (SSSR count). The molecular formula is C25H29FN4OS. The first-order chi connectivity index (χ1) is 15.5. The van der Waals surface area contributed by atoms with E-state index in [-0.39, 0.29) is 23.8 Å². The van der Waals surface area contributed by atoms with Crippen molar-refractivity contribution in [1.82, 2.24) is 19.7 Å². The molecule has 1 saturated heterocycles. The van der Waals surface area contributed by atoms with Crippen LogP contribution in [0.4, 0.5) is 4.39 Å². The van der Waals surface area contributed by atoms with Crippen LogP contribution in [0.15, 0.2) is 59.8 Å². The highest BCUT2D eigenvalue weighted by Gasteiger charge is 2.29. The normalized spacial score (nSPS) is 18.7. The maximum absolute atomic E-state index is 14.5. The second kappa shape index (κ2) is 10.3. The quantitative estimate of drug-likeness (QED) is 0.462. The van der Waals surface area contributed by atoms with Gasteiger partial charge in [0.05, 0.1) is 11.3 Å². The fraction of sp³-hybridized carbons (Fsp3) is 0.400. The predicted octanol–water partition coefficient (Wildman–Crippen LogP) is 5.21. The Morgan fingerprint density at radius 1 is 1.03 bits per heavy atom. The maximum Gasteiger partial charge on any atom is 0.233 e. The fourth-order valence-electron chi connectivity index (χ4n) is 4.44. The van der Waals surface area contributed by atoms with Gasteiger partial charge in [0, 0.05) is 18.6 Å². The van der Waals surface area contributed by atoms with Crippen molar-refractivity contribution < 1.29 is 9.18 Å². The number of piperidine rings is 1. The van der Waals surface area contributed by atoms with Crippen LogP contribution in [0.3, 0.4) is 0 Å². The third-order valence-corrected chi connectivity index (χ3v) is 7.06. The van der Waals surface area contributed by atoms with Crippen molar-refractivity contribution in [2.75, 3.05) is 5.75 Å². The van der Waals surface area contributed by atoms with E-state index in [4.69, 9.17) is 0 Å². The average molecular weight is 453 g/mol. The molecule has 1 fully saturated rings. The Bertz CT molecular complexity index is 1050. The molecule has 32 heavy (non-hydrogen) atoms. The Kier molecular flexibility index (Phi) is 7.25. The molecule has 1 aliphatic rings. The zero-order valence-corrected chi connectivity index (χ0v) is 19.4. The molecule has 7 heteroatoms. The van der Waals surface area contributed by atoms with Crippen LogP contribution in [-0.2, 0) is 17.8 Å². The summed E-state index contributed by atoms with van der Waals surface area (Å²) in [4.78, 5) is 15.0. The first kappa shape index (κ1) is 22.5. The van der Waals surface area contributed by atoms with Crippen LogP contribution in [-0.4, -0.2) is 43.4 Å². The summed E-state index contributed by atoms with van der Waals surface area (Å²) >= 11 is 1.39. The molecule has 0 spiro atoms. The van der Waals surface area contributed by atoms with Crippen LogP contribution >= 0.6 is 11.8 Å². The second-order valence-corrected chi connectivity index (χ2v) is 9.33. The number of aryl methyl sites for hydroxylation is 1. The van der Waals surface area contributed by atoms with Crippen molar-refractivity contribution in [3.8, 4) is 11.4 Å². The van der Waals surface area contributed by atoms with Gasteiger partial charge in [0.1, 0.15) is 5.82 Å². The van der Waals surface area contributed by atoms with Gasteiger partial charge >= 0.3 is 0 Å². The van der Waals surface area contributed by atoms with E-state index in [0.717, 1.165) is 19.3 Å². The Morgan fingerprint density at radius 2 is 1.72 bits per heavy atom. The molecule has 0 N–H and O–H groups in total. The standard InChI is InChI=1S/C25H29FN4OS/c1-18-9-8-10-19(2)30(18)23(31)17-32-25-28-27-24(21-13-6-7-14-22(21)26)29(25)16-15-20-11-4-3-5-12-20/h3-7,11-14,18-19H,8-10,15-17H2,1-2H3/t18-,19+. The van der Waals surface area contributed by atoms with E-state index in [1.807, 2.05) is 27.7 Å². The molecule has 168 valence electrons. The Balaban J connectivity index is 1.55. The summed E-state index contributed by atoms with van der Waals surface area (Å²) < 4.78 is 16.5. The van der Waals surface area contributed by atoms with Gasteiger partial charge in [0.15, 0.2) is 11.0 Å². The van der Waals surface area contributed by atoms with E-state index < -0.39 is 0 Å². The van der Waals surface area contributed by atoms with Crippen molar-refractivity contribution in [3.63, 3.8) is 0 Å². The Hall–Kier alpha value is -2.67. The summed E-state index contributed by atoms with van der Waals surface area (Å²) in [6.45, 7) is 4.85. The lowest BCUT2D eigenvalue weighted by Crippen LogP contribution is -2.48.